The Bertz CT molecular complexity index is 495. The quantitative estimate of drug-likeness (QED) is 0.539. The third-order valence-corrected chi connectivity index (χ3v) is 4.28. The number of esters is 1. The minimum atomic E-state index is -0.630. The van der Waals surface area contributed by atoms with Gasteiger partial charge in [-0.05, 0) is 20.8 Å². The first-order valence-electron chi connectivity index (χ1n) is 7.23. The summed E-state index contributed by atoms with van der Waals surface area (Å²) in [5.41, 5.74) is -0.594. The van der Waals surface area contributed by atoms with Crippen LogP contribution < -0.4 is 0 Å². The molecule has 3 aliphatic heterocycles. The van der Waals surface area contributed by atoms with Gasteiger partial charge in [-0.3, -0.25) is 4.90 Å². The van der Waals surface area contributed by atoms with Gasteiger partial charge in [0.1, 0.15) is 11.6 Å². The van der Waals surface area contributed by atoms with Crippen LogP contribution in [-0.2, 0) is 19.0 Å². The van der Waals surface area contributed by atoms with Crippen molar-refractivity contribution in [2.45, 2.75) is 44.6 Å². The molecule has 0 N–H and O–H groups in total. The first-order valence-corrected chi connectivity index (χ1v) is 7.23. The molecule has 0 spiro atoms. The van der Waals surface area contributed by atoms with Gasteiger partial charge in [0.25, 0.3) is 0 Å². The first kappa shape index (κ1) is 14.4. The molecule has 116 valence electrons. The van der Waals surface area contributed by atoms with E-state index in [1.54, 1.807) is 0 Å². The molecule has 1 amide bonds. The van der Waals surface area contributed by atoms with Crippen LogP contribution in [0.25, 0.3) is 0 Å². The second kappa shape index (κ2) is 4.73. The molecule has 5 unspecified atom stereocenters. The molecular weight excluding hydrogens is 274 g/mol. The summed E-state index contributed by atoms with van der Waals surface area (Å²) < 4.78 is 16.1. The molecule has 3 heterocycles. The zero-order valence-corrected chi connectivity index (χ0v) is 12.7. The molecule has 2 fully saturated rings. The third-order valence-electron chi connectivity index (χ3n) is 4.28. The summed E-state index contributed by atoms with van der Waals surface area (Å²) in [4.78, 5) is 26.1. The van der Waals surface area contributed by atoms with Crippen molar-refractivity contribution in [1.29, 1.82) is 0 Å². The van der Waals surface area contributed by atoms with Crippen LogP contribution >= 0.6 is 0 Å². The highest BCUT2D eigenvalue weighted by Crippen LogP contribution is 2.47. The summed E-state index contributed by atoms with van der Waals surface area (Å²) in [6, 6.07) is -0.630. The summed E-state index contributed by atoms with van der Waals surface area (Å²) in [6.45, 7) is 5.89. The number of rotatable bonds is 1. The number of carbonyl (C=O) groups excluding carboxylic acids is 2. The van der Waals surface area contributed by atoms with Crippen molar-refractivity contribution in [3.63, 3.8) is 0 Å². The number of methoxy groups -OCH3 is 1. The van der Waals surface area contributed by atoms with Crippen LogP contribution in [0.15, 0.2) is 12.2 Å². The Morgan fingerprint density at radius 1 is 1.24 bits per heavy atom. The highest BCUT2D eigenvalue weighted by molar-refractivity contribution is 5.83. The van der Waals surface area contributed by atoms with Crippen molar-refractivity contribution >= 4 is 12.1 Å². The zero-order valence-electron chi connectivity index (χ0n) is 12.7. The predicted octanol–water partition coefficient (Wildman–Crippen LogP) is 1.35. The number of hydrogen-bond donors (Lipinski definition) is 0. The molecule has 0 radical (unpaired) electrons. The van der Waals surface area contributed by atoms with Gasteiger partial charge < -0.3 is 14.2 Å². The van der Waals surface area contributed by atoms with Crippen molar-refractivity contribution in [1.82, 2.24) is 4.90 Å². The predicted molar refractivity (Wildman–Crippen MR) is 73.5 cm³/mol. The van der Waals surface area contributed by atoms with Crippen molar-refractivity contribution in [2.24, 2.45) is 11.8 Å². The Kier molecular flexibility index (Phi) is 3.24. The molecule has 5 atom stereocenters. The largest absolute Gasteiger partial charge is 0.467 e. The average Bonchev–Trinajstić information content (AvgIpc) is 3.06. The van der Waals surface area contributed by atoms with Crippen LogP contribution in [0, 0.1) is 11.8 Å². The van der Waals surface area contributed by atoms with Gasteiger partial charge in [0.05, 0.1) is 19.3 Å². The Hall–Kier alpha value is -1.56. The molecule has 2 saturated heterocycles. The lowest BCUT2D eigenvalue weighted by Gasteiger charge is -2.29. The van der Waals surface area contributed by atoms with Gasteiger partial charge in [-0.1, -0.05) is 12.2 Å². The fourth-order valence-electron chi connectivity index (χ4n) is 3.52. The van der Waals surface area contributed by atoms with E-state index >= 15 is 0 Å². The monoisotopic (exact) mass is 295 g/mol. The maximum atomic E-state index is 12.4. The van der Waals surface area contributed by atoms with Crippen molar-refractivity contribution in [3.8, 4) is 0 Å². The third kappa shape index (κ3) is 2.31. The topological polar surface area (TPSA) is 65.1 Å². The summed E-state index contributed by atoms with van der Waals surface area (Å²) in [7, 11) is 1.34. The molecule has 0 saturated carbocycles. The van der Waals surface area contributed by atoms with E-state index < -0.39 is 23.7 Å². The fourth-order valence-corrected chi connectivity index (χ4v) is 3.52. The Morgan fingerprint density at radius 2 is 1.90 bits per heavy atom. The van der Waals surface area contributed by atoms with Crippen LogP contribution in [-0.4, -0.2) is 54.5 Å². The minimum absolute atomic E-state index is 0.0143. The molecule has 3 aliphatic rings. The lowest BCUT2D eigenvalue weighted by atomic mass is 9.82. The Balaban J connectivity index is 1.84. The number of fused-ring (bicyclic) bond motifs is 5. The molecular formula is C15H21NO5. The number of amides is 1. The molecule has 0 aliphatic carbocycles. The van der Waals surface area contributed by atoms with E-state index in [4.69, 9.17) is 14.2 Å². The van der Waals surface area contributed by atoms with Crippen LogP contribution in [0.5, 0.6) is 0 Å². The molecule has 21 heavy (non-hydrogen) atoms. The number of ether oxygens (including phenoxy) is 3. The van der Waals surface area contributed by atoms with Crippen molar-refractivity contribution in [2.75, 3.05) is 13.7 Å². The summed E-state index contributed by atoms with van der Waals surface area (Å²) in [5, 5.41) is 0. The standard InChI is InChI=1S/C15H21NO5/c1-15(2,3)21-14(18)16-7-8-9-5-6-10(20-9)11(8)12(16)13(17)19-4/h5-6,8-12H,7H2,1-4H3. The van der Waals surface area contributed by atoms with E-state index in [1.807, 2.05) is 32.9 Å². The smallest absolute Gasteiger partial charge is 0.411 e. The normalized spacial score (nSPS) is 36.8. The summed E-state index contributed by atoms with van der Waals surface area (Å²) in [6.07, 6.45) is 3.39. The molecule has 3 rings (SSSR count). The van der Waals surface area contributed by atoms with Gasteiger partial charge in [-0.15, -0.1) is 0 Å². The first-order chi connectivity index (χ1) is 9.81. The lowest BCUT2D eigenvalue weighted by Crippen LogP contribution is -2.47. The maximum absolute atomic E-state index is 12.4. The zero-order chi connectivity index (χ0) is 15.4. The Labute approximate surface area is 124 Å². The van der Waals surface area contributed by atoms with Crippen LogP contribution in [0.2, 0.25) is 0 Å². The van der Waals surface area contributed by atoms with E-state index in [1.165, 1.54) is 12.0 Å². The van der Waals surface area contributed by atoms with E-state index in [-0.39, 0.29) is 24.0 Å². The van der Waals surface area contributed by atoms with Crippen LogP contribution in [0.3, 0.4) is 0 Å². The fraction of sp³-hybridized carbons (Fsp3) is 0.733. The van der Waals surface area contributed by atoms with Gasteiger partial charge in [0.2, 0.25) is 0 Å². The molecule has 6 nitrogen and oxygen atoms in total. The van der Waals surface area contributed by atoms with Gasteiger partial charge in [-0.25, -0.2) is 9.59 Å². The number of nitrogens with zero attached hydrogens (tertiary/aromatic N) is 1. The SMILES string of the molecule is COC(=O)C1C2C3C=CC(O3)C2CN1C(=O)OC(C)(C)C. The van der Waals surface area contributed by atoms with Crippen LogP contribution in [0.4, 0.5) is 4.79 Å². The molecule has 2 bridgehead atoms. The second-order valence-corrected chi connectivity index (χ2v) is 6.79. The van der Waals surface area contributed by atoms with Crippen molar-refractivity contribution in [3.05, 3.63) is 12.2 Å². The molecule has 0 aromatic heterocycles. The molecule has 6 heteroatoms. The number of likely N-dealkylation sites (tertiary alicyclic amines) is 1. The molecule has 0 aromatic carbocycles. The molecule has 0 aromatic rings. The number of hydrogen-bond acceptors (Lipinski definition) is 5. The second-order valence-electron chi connectivity index (χ2n) is 6.79. The van der Waals surface area contributed by atoms with Gasteiger partial charge >= 0.3 is 12.1 Å². The van der Waals surface area contributed by atoms with Gasteiger partial charge in [0, 0.05) is 18.4 Å². The maximum Gasteiger partial charge on any atom is 0.411 e. The minimum Gasteiger partial charge on any atom is -0.467 e. The van der Waals surface area contributed by atoms with Crippen molar-refractivity contribution < 1.29 is 23.8 Å². The van der Waals surface area contributed by atoms with Gasteiger partial charge in [-0.2, -0.15) is 0 Å². The summed E-state index contributed by atoms with van der Waals surface area (Å²) >= 11 is 0. The highest BCUT2D eigenvalue weighted by atomic mass is 16.6. The Morgan fingerprint density at radius 3 is 2.52 bits per heavy atom. The van der Waals surface area contributed by atoms with E-state index in [9.17, 15) is 9.59 Å². The van der Waals surface area contributed by atoms with Gasteiger partial charge in [0.15, 0.2) is 0 Å². The highest BCUT2D eigenvalue weighted by Gasteiger charge is 2.60. The average molecular weight is 295 g/mol. The van der Waals surface area contributed by atoms with E-state index in [0.717, 1.165) is 0 Å². The van der Waals surface area contributed by atoms with Crippen LogP contribution in [0.1, 0.15) is 20.8 Å². The van der Waals surface area contributed by atoms with E-state index in [0.29, 0.717) is 6.54 Å². The summed E-state index contributed by atoms with van der Waals surface area (Å²) in [5.74, 6) is -0.311. The number of carbonyl (C=O) groups is 2. The van der Waals surface area contributed by atoms with E-state index in [2.05, 4.69) is 0 Å². The lowest BCUT2D eigenvalue weighted by molar-refractivity contribution is -0.147.